The second-order valence-electron chi connectivity index (χ2n) is 6.16. The lowest BCUT2D eigenvalue weighted by atomic mass is 10.00. The van der Waals surface area contributed by atoms with Crippen molar-refractivity contribution in [3.05, 3.63) is 59.2 Å². The highest BCUT2D eigenvalue weighted by atomic mass is 14.9. The molecule has 1 aromatic rings. The Morgan fingerprint density at radius 2 is 2.15 bits per heavy atom. The molecule has 0 aliphatic heterocycles. The Morgan fingerprint density at radius 1 is 1.25 bits per heavy atom. The average molecular weight is 267 g/mol. The van der Waals surface area contributed by atoms with Crippen LogP contribution in [0.1, 0.15) is 56.2 Å². The largest absolute Gasteiger partial charge is 0.307 e. The Morgan fingerprint density at radius 3 is 3.00 bits per heavy atom. The van der Waals surface area contributed by atoms with Gasteiger partial charge in [-0.2, -0.15) is 0 Å². The van der Waals surface area contributed by atoms with Crippen molar-refractivity contribution < 1.29 is 0 Å². The van der Waals surface area contributed by atoms with Crippen LogP contribution in [0.4, 0.5) is 0 Å². The first-order valence-corrected chi connectivity index (χ1v) is 8.02. The molecule has 0 aromatic heterocycles. The van der Waals surface area contributed by atoms with E-state index in [0.29, 0.717) is 12.1 Å². The molecule has 20 heavy (non-hydrogen) atoms. The summed E-state index contributed by atoms with van der Waals surface area (Å²) in [4.78, 5) is 0. The molecule has 1 N–H and O–H groups in total. The fourth-order valence-corrected chi connectivity index (χ4v) is 3.39. The van der Waals surface area contributed by atoms with Crippen LogP contribution in [0.15, 0.2) is 48.1 Å². The van der Waals surface area contributed by atoms with E-state index in [0.717, 1.165) is 0 Å². The summed E-state index contributed by atoms with van der Waals surface area (Å²) in [5.41, 5.74) is 4.59. The predicted octanol–water partition coefficient (Wildman–Crippen LogP) is 4.71. The first-order chi connectivity index (χ1) is 9.83. The van der Waals surface area contributed by atoms with Crippen molar-refractivity contribution in [3.8, 4) is 0 Å². The van der Waals surface area contributed by atoms with Gasteiger partial charge in [-0.05, 0) is 56.6 Å². The van der Waals surface area contributed by atoms with Crippen LogP contribution in [0, 0.1) is 0 Å². The van der Waals surface area contributed by atoms with Gasteiger partial charge in [0.2, 0.25) is 0 Å². The fraction of sp³-hybridized carbons (Fsp3) is 0.474. The molecular formula is C19H25N. The van der Waals surface area contributed by atoms with Crippen molar-refractivity contribution in [1.29, 1.82) is 0 Å². The van der Waals surface area contributed by atoms with Crippen LogP contribution in [0.3, 0.4) is 0 Å². The summed E-state index contributed by atoms with van der Waals surface area (Å²) < 4.78 is 0. The minimum Gasteiger partial charge on any atom is -0.307 e. The monoisotopic (exact) mass is 267 g/mol. The highest BCUT2D eigenvalue weighted by Gasteiger charge is 2.22. The van der Waals surface area contributed by atoms with Gasteiger partial charge in [0.05, 0.1) is 0 Å². The van der Waals surface area contributed by atoms with E-state index in [9.17, 15) is 0 Å². The third-order valence-electron chi connectivity index (χ3n) is 4.56. The van der Waals surface area contributed by atoms with Gasteiger partial charge in [0.15, 0.2) is 0 Å². The highest BCUT2D eigenvalue weighted by Crippen LogP contribution is 2.31. The summed E-state index contributed by atoms with van der Waals surface area (Å²) in [7, 11) is 0. The van der Waals surface area contributed by atoms with Gasteiger partial charge in [0, 0.05) is 12.1 Å². The predicted molar refractivity (Wildman–Crippen MR) is 85.8 cm³/mol. The average Bonchev–Trinajstić information content (AvgIpc) is 2.90. The molecule has 0 spiro atoms. The first kappa shape index (κ1) is 13.6. The van der Waals surface area contributed by atoms with Gasteiger partial charge in [-0.3, -0.25) is 0 Å². The van der Waals surface area contributed by atoms with Crippen molar-refractivity contribution in [2.24, 2.45) is 0 Å². The minimum atomic E-state index is 0.567. The summed E-state index contributed by atoms with van der Waals surface area (Å²) in [6, 6.07) is 10.0. The molecule has 2 atom stereocenters. The van der Waals surface area contributed by atoms with Gasteiger partial charge in [0.25, 0.3) is 0 Å². The summed E-state index contributed by atoms with van der Waals surface area (Å²) >= 11 is 0. The fourth-order valence-electron chi connectivity index (χ4n) is 3.39. The Kier molecular flexibility index (Phi) is 4.37. The third kappa shape index (κ3) is 3.21. The van der Waals surface area contributed by atoms with Crippen molar-refractivity contribution in [3.63, 3.8) is 0 Å². The van der Waals surface area contributed by atoms with E-state index in [1.165, 1.54) is 55.2 Å². The molecule has 1 nitrogen and oxygen atoms in total. The van der Waals surface area contributed by atoms with Crippen LogP contribution in [0.5, 0.6) is 0 Å². The molecule has 1 heteroatoms. The number of allylic oxidation sites excluding steroid dienone is 4. The minimum absolute atomic E-state index is 0.567. The summed E-state index contributed by atoms with van der Waals surface area (Å²) in [6.07, 6.45) is 14.4. The van der Waals surface area contributed by atoms with Gasteiger partial charge >= 0.3 is 0 Å². The smallest absolute Gasteiger partial charge is 0.0328 e. The van der Waals surface area contributed by atoms with Crippen molar-refractivity contribution in [1.82, 2.24) is 5.32 Å². The van der Waals surface area contributed by atoms with Crippen LogP contribution in [-0.2, 0) is 6.42 Å². The lowest BCUT2D eigenvalue weighted by molar-refractivity contribution is 0.434. The number of rotatable bonds is 5. The number of nitrogens with one attached hydrogen (secondary N) is 1. The molecule has 0 amide bonds. The number of hydrogen-bond acceptors (Lipinski definition) is 1. The Bertz CT molecular complexity index is 512. The van der Waals surface area contributed by atoms with Crippen molar-refractivity contribution >= 4 is 0 Å². The van der Waals surface area contributed by atoms with E-state index < -0.39 is 0 Å². The van der Waals surface area contributed by atoms with Gasteiger partial charge < -0.3 is 5.32 Å². The third-order valence-corrected chi connectivity index (χ3v) is 4.56. The zero-order chi connectivity index (χ0) is 13.8. The molecular weight excluding hydrogens is 242 g/mol. The Labute approximate surface area is 122 Å². The molecule has 0 fully saturated rings. The number of aryl methyl sites for hydroxylation is 1. The molecule has 0 saturated heterocycles. The molecule has 3 rings (SSSR count). The first-order valence-electron chi connectivity index (χ1n) is 8.02. The maximum absolute atomic E-state index is 3.82. The molecule has 2 aliphatic carbocycles. The maximum Gasteiger partial charge on any atom is 0.0328 e. The zero-order valence-electron chi connectivity index (χ0n) is 12.4. The molecule has 0 saturated carbocycles. The second kappa shape index (κ2) is 6.41. The normalized spacial score (nSPS) is 22.4. The molecule has 0 bridgehead atoms. The lowest BCUT2D eigenvalue weighted by Gasteiger charge is -2.21. The number of fused-ring (bicyclic) bond motifs is 1. The molecule has 2 aliphatic rings. The summed E-state index contributed by atoms with van der Waals surface area (Å²) in [6.45, 7) is 2.33. The quantitative estimate of drug-likeness (QED) is 0.814. The van der Waals surface area contributed by atoms with Crippen molar-refractivity contribution in [2.45, 2.75) is 57.5 Å². The maximum atomic E-state index is 3.82. The summed E-state index contributed by atoms with van der Waals surface area (Å²) in [5.74, 6) is 0. The SMILES string of the molecule is C[C@H](CCC1=CCCC=C1)NC1CCc2ccccc21. The zero-order valence-corrected chi connectivity index (χ0v) is 12.4. The van der Waals surface area contributed by atoms with Gasteiger partial charge in [0.1, 0.15) is 0 Å². The van der Waals surface area contributed by atoms with E-state index in [2.05, 4.69) is 54.7 Å². The molecule has 1 unspecified atom stereocenters. The molecule has 0 radical (unpaired) electrons. The second-order valence-corrected chi connectivity index (χ2v) is 6.16. The van der Waals surface area contributed by atoms with Crippen LogP contribution < -0.4 is 5.32 Å². The highest BCUT2D eigenvalue weighted by molar-refractivity contribution is 5.34. The van der Waals surface area contributed by atoms with Gasteiger partial charge in [-0.1, -0.05) is 48.1 Å². The molecule has 0 heterocycles. The van der Waals surface area contributed by atoms with E-state index in [1.54, 1.807) is 0 Å². The van der Waals surface area contributed by atoms with Gasteiger partial charge in [-0.25, -0.2) is 0 Å². The van der Waals surface area contributed by atoms with Crippen molar-refractivity contribution in [2.75, 3.05) is 0 Å². The number of benzene rings is 1. The molecule has 106 valence electrons. The van der Waals surface area contributed by atoms with E-state index >= 15 is 0 Å². The van der Waals surface area contributed by atoms with Crippen LogP contribution >= 0.6 is 0 Å². The van der Waals surface area contributed by atoms with Crippen LogP contribution in [0.2, 0.25) is 0 Å². The van der Waals surface area contributed by atoms with E-state index in [-0.39, 0.29) is 0 Å². The van der Waals surface area contributed by atoms with Crippen LogP contribution in [0.25, 0.3) is 0 Å². The topological polar surface area (TPSA) is 12.0 Å². The van der Waals surface area contributed by atoms with Crippen LogP contribution in [-0.4, -0.2) is 6.04 Å². The lowest BCUT2D eigenvalue weighted by Crippen LogP contribution is -2.29. The molecule has 1 aromatic carbocycles. The Balaban J connectivity index is 1.51. The standard InChI is InChI=1S/C19H25N/c1-15(11-12-16-7-3-2-4-8-16)20-19-14-13-17-9-5-6-10-18(17)19/h3,5-10,15,19-20H,2,4,11-14H2,1H3/t15-,19?/m1/s1. The van der Waals surface area contributed by atoms with E-state index in [4.69, 9.17) is 0 Å². The van der Waals surface area contributed by atoms with E-state index in [1.807, 2.05) is 0 Å². The summed E-state index contributed by atoms with van der Waals surface area (Å²) in [5, 5.41) is 3.82. The Hall–Kier alpha value is -1.34. The van der Waals surface area contributed by atoms with Gasteiger partial charge in [-0.15, -0.1) is 0 Å². The number of hydrogen-bond donors (Lipinski definition) is 1.